The van der Waals surface area contributed by atoms with Gasteiger partial charge in [0.05, 0.1) is 13.1 Å². The number of rotatable bonds is 7. The Kier molecular flexibility index (Phi) is 6.95. The summed E-state index contributed by atoms with van der Waals surface area (Å²) in [7, 11) is 0. The molecule has 0 bridgehead atoms. The number of anilines is 1. The molecule has 0 aliphatic carbocycles. The largest absolute Gasteiger partial charge is 0.360 e. The minimum Gasteiger partial charge on any atom is -0.360 e. The summed E-state index contributed by atoms with van der Waals surface area (Å²) in [6, 6.07) is 1.87. The first kappa shape index (κ1) is 19.4. The van der Waals surface area contributed by atoms with E-state index in [0.29, 0.717) is 30.6 Å². The van der Waals surface area contributed by atoms with Gasteiger partial charge in [0.15, 0.2) is 5.82 Å². The summed E-state index contributed by atoms with van der Waals surface area (Å²) in [6.45, 7) is 11.8. The Labute approximate surface area is 148 Å². The molecule has 1 aliphatic heterocycles. The van der Waals surface area contributed by atoms with E-state index in [9.17, 15) is 9.59 Å². The van der Waals surface area contributed by atoms with Gasteiger partial charge in [0.1, 0.15) is 5.76 Å². The molecule has 1 fully saturated rings. The highest BCUT2D eigenvalue weighted by molar-refractivity contribution is 5.91. The lowest BCUT2D eigenvalue weighted by Gasteiger charge is -2.34. The first-order valence-corrected chi connectivity index (χ1v) is 8.80. The van der Waals surface area contributed by atoms with Gasteiger partial charge in [-0.3, -0.25) is 19.4 Å². The van der Waals surface area contributed by atoms with Crippen molar-refractivity contribution < 1.29 is 14.1 Å². The molecule has 0 radical (unpaired) electrons. The molecule has 1 aromatic heterocycles. The summed E-state index contributed by atoms with van der Waals surface area (Å²) in [4.78, 5) is 28.3. The van der Waals surface area contributed by atoms with E-state index in [1.165, 1.54) is 0 Å². The Hall–Kier alpha value is -1.93. The summed E-state index contributed by atoms with van der Waals surface area (Å²) in [5.74, 6) is 1.48. The SMILES string of the molecule is Cc1cc(NC(=O)CN2CCN(CC(=O)NC(C)C(C)C)CC2)no1. The first-order chi connectivity index (χ1) is 11.8. The maximum Gasteiger partial charge on any atom is 0.239 e. The molecule has 140 valence electrons. The number of carbonyl (C=O) groups excluding carboxylic acids is 2. The number of nitrogens with zero attached hydrogens (tertiary/aromatic N) is 3. The molecule has 1 atom stereocenters. The summed E-state index contributed by atoms with van der Waals surface area (Å²) >= 11 is 0. The topological polar surface area (TPSA) is 90.7 Å². The van der Waals surface area contributed by atoms with Gasteiger partial charge in [-0.2, -0.15) is 0 Å². The van der Waals surface area contributed by atoms with E-state index < -0.39 is 0 Å². The standard InChI is InChI=1S/C17H29N5O3/c1-12(2)14(4)18-16(23)10-21-5-7-22(8-6-21)11-17(24)19-15-9-13(3)25-20-15/h9,12,14H,5-8,10-11H2,1-4H3,(H,18,23)(H,19,20,24). The van der Waals surface area contributed by atoms with Crippen molar-refractivity contribution in [3.05, 3.63) is 11.8 Å². The second-order valence-electron chi connectivity index (χ2n) is 7.02. The van der Waals surface area contributed by atoms with Crippen molar-refractivity contribution in [3.8, 4) is 0 Å². The highest BCUT2D eigenvalue weighted by Crippen LogP contribution is 2.08. The highest BCUT2D eigenvalue weighted by atomic mass is 16.5. The summed E-state index contributed by atoms with van der Waals surface area (Å²) < 4.78 is 4.93. The molecule has 0 aromatic carbocycles. The molecule has 8 nitrogen and oxygen atoms in total. The van der Waals surface area contributed by atoms with Crippen LogP contribution in [0.15, 0.2) is 10.6 Å². The van der Waals surface area contributed by atoms with Gasteiger partial charge in [-0.05, 0) is 19.8 Å². The third-order valence-electron chi connectivity index (χ3n) is 4.48. The lowest BCUT2D eigenvalue weighted by atomic mass is 10.1. The van der Waals surface area contributed by atoms with E-state index in [0.717, 1.165) is 26.2 Å². The van der Waals surface area contributed by atoms with Crippen LogP contribution in [0, 0.1) is 12.8 Å². The fourth-order valence-electron chi connectivity index (χ4n) is 2.59. The van der Waals surface area contributed by atoms with Crippen LogP contribution in [-0.2, 0) is 9.59 Å². The lowest BCUT2D eigenvalue weighted by Crippen LogP contribution is -2.51. The summed E-state index contributed by atoms with van der Waals surface area (Å²) in [5, 5.41) is 9.50. The van der Waals surface area contributed by atoms with Crippen LogP contribution in [0.2, 0.25) is 0 Å². The van der Waals surface area contributed by atoms with Crippen LogP contribution in [0.25, 0.3) is 0 Å². The van der Waals surface area contributed by atoms with E-state index in [1.54, 1.807) is 13.0 Å². The molecule has 0 saturated carbocycles. The third-order valence-corrected chi connectivity index (χ3v) is 4.48. The van der Waals surface area contributed by atoms with Gasteiger partial charge in [-0.1, -0.05) is 19.0 Å². The zero-order valence-electron chi connectivity index (χ0n) is 15.5. The van der Waals surface area contributed by atoms with E-state index in [-0.39, 0.29) is 17.9 Å². The molecule has 2 amide bonds. The van der Waals surface area contributed by atoms with Crippen LogP contribution in [0.3, 0.4) is 0 Å². The molecule has 8 heteroatoms. The minimum absolute atomic E-state index is 0.0637. The predicted molar refractivity (Wildman–Crippen MR) is 95.2 cm³/mol. The van der Waals surface area contributed by atoms with Crippen molar-refractivity contribution in [2.45, 2.75) is 33.7 Å². The van der Waals surface area contributed by atoms with Gasteiger partial charge < -0.3 is 15.2 Å². The summed E-state index contributed by atoms with van der Waals surface area (Å²) in [6.07, 6.45) is 0. The normalized spacial score (nSPS) is 17.5. The fourth-order valence-corrected chi connectivity index (χ4v) is 2.59. The molecular weight excluding hydrogens is 322 g/mol. The van der Waals surface area contributed by atoms with Crippen LogP contribution in [0.5, 0.6) is 0 Å². The Bertz CT molecular complexity index is 579. The Morgan fingerprint density at radius 2 is 1.68 bits per heavy atom. The zero-order chi connectivity index (χ0) is 18.4. The van der Waals surface area contributed by atoms with E-state index in [2.05, 4.69) is 39.4 Å². The third kappa shape index (κ3) is 6.47. The number of carbonyl (C=O) groups is 2. The van der Waals surface area contributed by atoms with Crippen LogP contribution >= 0.6 is 0 Å². The molecule has 1 saturated heterocycles. The number of aromatic nitrogens is 1. The van der Waals surface area contributed by atoms with Gasteiger partial charge in [0.25, 0.3) is 0 Å². The lowest BCUT2D eigenvalue weighted by molar-refractivity contribution is -0.124. The monoisotopic (exact) mass is 351 g/mol. The number of piperazine rings is 1. The number of hydrogen-bond donors (Lipinski definition) is 2. The van der Waals surface area contributed by atoms with Crippen LogP contribution in [0.1, 0.15) is 26.5 Å². The van der Waals surface area contributed by atoms with Crippen LogP contribution < -0.4 is 10.6 Å². The molecule has 1 aliphatic rings. The number of amides is 2. The Morgan fingerprint density at radius 1 is 1.12 bits per heavy atom. The van der Waals surface area contributed by atoms with Gasteiger partial charge in [0, 0.05) is 38.3 Å². The van der Waals surface area contributed by atoms with E-state index in [4.69, 9.17) is 4.52 Å². The molecule has 2 heterocycles. The van der Waals surface area contributed by atoms with Crippen LogP contribution in [0.4, 0.5) is 5.82 Å². The maximum absolute atomic E-state index is 12.0. The number of aryl methyl sites for hydroxylation is 1. The average molecular weight is 351 g/mol. The Balaban J connectivity index is 1.67. The highest BCUT2D eigenvalue weighted by Gasteiger charge is 2.21. The zero-order valence-corrected chi connectivity index (χ0v) is 15.5. The van der Waals surface area contributed by atoms with Gasteiger partial charge >= 0.3 is 0 Å². The van der Waals surface area contributed by atoms with Crippen LogP contribution in [-0.4, -0.2) is 72.1 Å². The Morgan fingerprint density at radius 3 is 2.16 bits per heavy atom. The van der Waals surface area contributed by atoms with E-state index >= 15 is 0 Å². The van der Waals surface area contributed by atoms with Gasteiger partial charge in [-0.15, -0.1) is 0 Å². The molecular formula is C17H29N5O3. The van der Waals surface area contributed by atoms with Crippen molar-refractivity contribution >= 4 is 17.6 Å². The molecule has 1 aromatic rings. The van der Waals surface area contributed by atoms with Gasteiger partial charge in [-0.25, -0.2) is 0 Å². The molecule has 2 N–H and O–H groups in total. The maximum atomic E-state index is 12.0. The number of nitrogens with one attached hydrogen (secondary N) is 2. The molecule has 0 spiro atoms. The average Bonchev–Trinajstić information content (AvgIpc) is 2.93. The van der Waals surface area contributed by atoms with Crippen molar-refractivity contribution in [3.63, 3.8) is 0 Å². The summed E-state index contributed by atoms with van der Waals surface area (Å²) in [5.41, 5.74) is 0. The predicted octanol–water partition coefficient (Wildman–Crippen LogP) is 0.700. The van der Waals surface area contributed by atoms with E-state index in [1.807, 2.05) is 6.92 Å². The quantitative estimate of drug-likeness (QED) is 0.751. The smallest absolute Gasteiger partial charge is 0.239 e. The second-order valence-corrected chi connectivity index (χ2v) is 7.02. The van der Waals surface area contributed by atoms with Crippen molar-refractivity contribution in [1.29, 1.82) is 0 Å². The first-order valence-electron chi connectivity index (χ1n) is 8.80. The van der Waals surface area contributed by atoms with Crippen molar-refractivity contribution in [1.82, 2.24) is 20.3 Å². The number of hydrogen-bond acceptors (Lipinski definition) is 6. The van der Waals surface area contributed by atoms with Gasteiger partial charge in [0.2, 0.25) is 11.8 Å². The minimum atomic E-state index is -0.106. The molecule has 1 unspecified atom stereocenters. The second kappa shape index (κ2) is 8.96. The fraction of sp³-hybridized carbons (Fsp3) is 0.706. The molecule has 2 rings (SSSR count). The van der Waals surface area contributed by atoms with Crippen molar-refractivity contribution in [2.24, 2.45) is 5.92 Å². The van der Waals surface area contributed by atoms with Crippen molar-refractivity contribution in [2.75, 3.05) is 44.6 Å². The molecule has 25 heavy (non-hydrogen) atoms.